The number of hydrogen-bond acceptors (Lipinski definition) is 4. The number of nitrogens with two attached hydrogens (primary N) is 1. The molecule has 0 fully saturated rings. The molecule has 4 N–H and O–H groups in total. The van der Waals surface area contributed by atoms with Gasteiger partial charge in [-0.25, -0.2) is 0 Å². The summed E-state index contributed by atoms with van der Waals surface area (Å²) in [6, 6.07) is 21.4. The van der Waals surface area contributed by atoms with Crippen molar-refractivity contribution in [2.24, 2.45) is 5.73 Å². The average Bonchev–Trinajstić information content (AvgIpc) is 2.84. The number of hydrogen-bond donors (Lipinski definition) is 3. The molecule has 2 aromatic carbocycles. The zero-order valence-electron chi connectivity index (χ0n) is 20.1. The van der Waals surface area contributed by atoms with Gasteiger partial charge in [-0.2, -0.15) is 0 Å². The number of nitrogens with zero attached hydrogens (tertiary/aromatic N) is 1. The lowest BCUT2D eigenvalue weighted by Crippen LogP contribution is -2.37. The maximum Gasteiger partial charge on any atom is 0.0206 e. The lowest BCUT2D eigenvalue weighted by atomic mass is 10.1. The van der Waals surface area contributed by atoms with Crippen molar-refractivity contribution in [1.29, 1.82) is 0 Å². The molecule has 2 aromatic rings. The molecule has 0 aliphatic carbocycles. The molecule has 0 radical (unpaired) electrons. The summed E-state index contributed by atoms with van der Waals surface area (Å²) >= 11 is 0. The molecule has 0 saturated carbocycles. The van der Waals surface area contributed by atoms with Crippen LogP contribution in [-0.2, 0) is 13.1 Å². The van der Waals surface area contributed by atoms with Gasteiger partial charge >= 0.3 is 0 Å². The first kappa shape index (κ1) is 26.5. The lowest BCUT2D eigenvalue weighted by molar-refractivity contribution is 0.265. The van der Waals surface area contributed by atoms with E-state index in [1.165, 1.54) is 69.0 Å². The van der Waals surface area contributed by atoms with E-state index >= 15 is 0 Å². The van der Waals surface area contributed by atoms with Crippen molar-refractivity contribution in [2.75, 3.05) is 39.3 Å². The van der Waals surface area contributed by atoms with Gasteiger partial charge in [-0.15, -0.1) is 0 Å². The Hall–Kier alpha value is -1.72. The van der Waals surface area contributed by atoms with E-state index in [0.717, 1.165) is 45.8 Å². The Bertz CT molecular complexity index is 599. The smallest absolute Gasteiger partial charge is 0.0206 e. The van der Waals surface area contributed by atoms with Crippen LogP contribution in [0.3, 0.4) is 0 Å². The first-order valence-corrected chi connectivity index (χ1v) is 12.8. The normalized spacial score (nSPS) is 11.3. The van der Waals surface area contributed by atoms with Gasteiger partial charge in [0.15, 0.2) is 0 Å². The highest BCUT2D eigenvalue weighted by Gasteiger charge is 2.05. The maximum absolute atomic E-state index is 5.57. The van der Waals surface area contributed by atoms with Gasteiger partial charge in [0.05, 0.1) is 0 Å². The molecule has 0 aliphatic rings. The zero-order chi connectivity index (χ0) is 22.5. The Balaban J connectivity index is 1.60. The Labute approximate surface area is 197 Å². The van der Waals surface area contributed by atoms with Crippen LogP contribution in [0.4, 0.5) is 0 Å². The van der Waals surface area contributed by atoms with Crippen molar-refractivity contribution in [3.8, 4) is 0 Å². The molecule has 178 valence electrons. The van der Waals surface area contributed by atoms with Crippen molar-refractivity contribution < 1.29 is 0 Å². The minimum absolute atomic E-state index is 0.843. The summed E-state index contributed by atoms with van der Waals surface area (Å²) < 4.78 is 0. The highest BCUT2D eigenvalue weighted by molar-refractivity contribution is 5.14. The second-order valence-electron chi connectivity index (χ2n) is 8.78. The van der Waals surface area contributed by atoms with Gasteiger partial charge in [0.1, 0.15) is 0 Å². The van der Waals surface area contributed by atoms with Gasteiger partial charge in [0.25, 0.3) is 0 Å². The van der Waals surface area contributed by atoms with Crippen molar-refractivity contribution in [2.45, 2.75) is 64.5 Å². The molecule has 4 heteroatoms. The molecular weight excluding hydrogens is 392 g/mol. The molecule has 0 heterocycles. The average molecular weight is 439 g/mol. The van der Waals surface area contributed by atoms with Gasteiger partial charge in [-0.3, -0.25) is 0 Å². The summed E-state index contributed by atoms with van der Waals surface area (Å²) in [6.45, 7) is 8.24. The fourth-order valence-corrected chi connectivity index (χ4v) is 4.01. The molecule has 0 saturated heterocycles. The van der Waals surface area contributed by atoms with E-state index in [4.69, 9.17) is 5.73 Å². The molecule has 0 amide bonds. The Morgan fingerprint density at radius 1 is 0.531 bits per heavy atom. The standard InChI is InChI=1S/C28H46N4/c29-19-13-5-3-1-2-4-6-14-22-32(23-20-30-25-27-15-9-7-10-16-27)24-21-31-26-28-17-11-8-12-18-28/h7-12,15-18,30-31H,1-6,13-14,19-26,29H2. The molecule has 0 aromatic heterocycles. The van der Waals surface area contributed by atoms with E-state index in [2.05, 4.69) is 76.2 Å². The van der Waals surface area contributed by atoms with Crippen LogP contribution in [0.1, 0.15) is 62.5 Å². The number of unbranched alkanes of at least 4 members (excludes halogenated alkanes) is 7. The van der Waals surface area contributed by atoms with Crippen LogP contribution in [0.2, 0.25) is 0 Å². The summed E-state index contributed by atoms with van der Waals surface area (Å²) in [5, 5.41) is 7.22. The van der Waals surface area contributed by atoms with Crippen molar-refractivity contribution in [1.82, 2.24) is 15.5 Å². The van der Waals surface area contributed by atoms with Gasteiger partial charge < -0.3 is 21.3 Å². The van der Waals surface area contributed by atoms with Gasteiger partial charge in [0.2, 0.25) is 0 Å². The lowest BCUT2D eigenvalue weighted by Gasteiger charge is -2.23. The molecule has 0 spiro atoms. The first-order valence-electron chi connectivity index (χ1n) is 12.8. The van der Waals surface area contributed by atoms with Crippen LogP contribution >= 0.6 is 0 Å². The Morgan fingerprint density at radius 2 is 0.969 bits per heavy atom. The Morgan fingerprint density at radius 3 is 1.44 bits per heavy atom. The minimum Gasteiger partial charge on any atom is -0.330 e. The Kier molecular flexibility index (Phi) is 15.6. The SMILES string of the molecule is NCCCCCCCCCCN(CCNCc1ccccc1)CCNCc1ccccc1. The van der Waals surface area contributed by atoms with E-state index in [1.54, 1.807) is 0 Å². The van der Waals surface area contributed by atoms with Crippen LogP contribution in [0.5, 0.6) is 0 Å². The molecule has 32 heavy (non-hydrogen) atoms. The predicted octanol–water partition coefficient (Wildman–Crippen LogP) is 4.95. The molecule has 4 nitrogen and oxygen atoms in total. The minimum atomic E-state index is 0.843. The molecule has 0 atom stereocenters. The molecule has 2 rings (SSSR count). The van der Waals surface area contributed by atoms with Crippen molar-refractivity contribution in [3.05, 3.63) is 71.8 Å². The summed E-state index contributed by atoms with van der Waals surface area (Å²) in [4.78, 5) is 2.62. The van der Waals surface area contributed by atoms with Crippen molar-refractivity contribution in [3.63, 3.8) is 0 Å². The third-order valence-corrected chi connectivity index (χ3v) is 5.98. The molecule has 0 unspecified atom stereocenters. The third-order valence-electron chi connectivity index (χ3n) is 5.98. The summed E-state index contributed by atoms with van der Waals surface area (Å²) in [5.41, 5.74) is 8.28. The largest absolute Gasteiger partial charge is 0.330 e. The monoisotopic (exact) mass is 438 g/mol. The highest BCUT2D eigenvalue weighted by atomic mass is 15.1. The van der Waals surface area contributed by atoms with Crippen LogP contribution in [0.25, 0.3) is 0 Å². The summed E-state index contributed by atoms with van der Waals surface area (Å²) in [7, 11) is 0. The molecule has 0 aliphatic heterocycles. The van der Waals surface area contributed by atoms with Crippen LogP contribution in [0, 0.1) is 0 Å². The van der Waals surface area contributed by atoms with E-state index in [0.29, 0.717) is 0 Å². The number of benzene rings is 2. The predicted molar refractivity (Wildman–Crippen MR) is 139 cm³/mol. The third kappa shape index (κ3) is 13.6. The van der Waals surface area contributed by atoms with Gasteiger partial charge in [-0.05, 0) is 37.1 Å². The van der Waals surface area contributed by atoms with E-state index < -0.39 is 0 Å². The topological polar surface area (TPSA) is 53.3 Å². The second-order valence-corrected chi connectivity index (χ2v) is 8.78. The molecular formula is C28H46N4. The zero-order valence-corrected chi connectivity index (χ0v) is 20.1. The number of nitrogens with one attached hydrogen (secondary N) is 2. The summed E-state index contributed by atoms with van der Waals surface area (Å²) in [5.74, 6) is 0. The number of rotatable bonds is 20. The van der Waals surface area contributed by atoms with Gasteiger partial charge in [-0.1, -0.05) is 99.2 Å². The van der Waals surface area contributed by atoms with Crippen molar-refractivity contribution >= 4 is 0 Å². The van der Waals surface area contributed by atoms with E-state index in [-0.39, 0.29) is 0 Å². The van der Waals surface area contributed by atoms with Crippen LogP contribution < -0.4 is 16.4 Å². The fraction of sp³-hybridized carbons (Fsp3) is 0.571. The second kappa shape index (κ2) is 18.8. The van der Waals surface area contributed by atoms with Crippen LogP contribution in [0.15, 0.2) is 60.7 Å². The summed E-state index contributed by atoms with van der Waals surface area (Å²) in [6.07, 6.45) is 10.6. The highest BCUT2D eigenvalue weighted by Crippen LogP contribution is 2.09. The van der Waals surface area contributed by atoms with Crippen LogP contribution in [-0.4, -0.2) is 44.2 Å². The first-order chi connectivity index (χ1) is 15.9. The van der Waals surface area contributed by atoms with E-state index in [1.807, 2.05) is 0 Å². The molecule has 0 bridgehead atoms. The maximum atomic E-state index is 5.57. The van der Waals surface area contributed by atoms with E-state index in [9.17, 15) is 0 Å². The fourth-order valence-electron chi connectivity index (χ4n) is 4.01. The quantitative estimate of drug-likeness (QED) is 0.256. The van der Waals surface area contributed by atoms with Gasteiger partial charge in [0, 0.05) is 39.3 Å².